The SMILES string of the molecule is CC(C)CN1CCN(Cn2nc(C3CC3)n(-c3ccccc3)c2=S)CC1. The monoisotopic (exact) mass is 371 g/mol. The van der Waals surface area contributed by atoms with Gasteiger partial charge in [0.15, 0.2) is 0 Å². The first-order valence-corrected chi connectivity index (χ1v) is 10.2. The largest absolute Gasteiger partial charge is 0.301 e. The summed E-state index contributed by atoms with van der Waals surface area (Å²) in [6.45, 7) is 11.0. The number of nitrogens with zero attached hydrogens (tertiary/aromatic N) is 5. The molecular weight excluding hydrogens is 342 g/mol. The number of para-hydroxylation sites is 1. The zero-order chi connectivity index (χ0) is 18.1. The van der Waals surface area contributed by atoms with E-state index in [1.54, 1.807) is 0 Å². The van der Waals surface area contributed by atoms with Crippen LogP contribution in [-0.4, -0.2) is 56.9 Å². The third kappa shape index (κ3) is 3.92. The number of hydrogen-bond donors (Lipinski definition) is 0. The van der Waals surface area contributed by atoms with E-state index in [0.29, 0.717) is 5.92 Å². The lowest BCUT2D eigenvalue weighted by molar-refractivity contribution is 0.0949. The summed E-state index contributed by atoms with van der Waals surface area (Å²) in [6, 6.07) is 10.4. The molecule has 1 aromatic heterocycles. The lowest BCUT2D eigenvalue weighted by atomic mass is 10.2. The summed E-state index contributed by atoms with van der Waals surface area (Å²) in [5.74, 6) is 2.44. The molecule has 0 unspecified atom stereocenters. The number of piperazine rings is 1. The lowest BCUT2D eigenvalue weighted by Crippen LogP contribution is -2.47. The van der Waals surface area contributed by atoms with Crippen LogP contribution in [0.15, 0.2) is 30.3 Å². The Morgan fingerprint density at radius 3 is 2.31 bits per heavy atom. The van der Waals surface area contributed by atoms with Gasteiger partial charge in [-0.3, -0.25) is 9.47 Å². The van der Waals surface area contributed by atoms with Crippen molar-refractivity contribution >= 4 is 12.2 Å². The quantitative estimate of drug-likeness (QED) is 0.727. The minimum absolute atomic E-state index is 0.570. The molecule has 2 heterocycles. The van der Waals surface area contributed by atoms with Crippen LogP contribution in [0.3, 0.4) is 0 Å². The van der Waals surface area contributed by atoms with E-state index in [2.05, 4.69) is 52.5 Å². The van der Waals surface area contributed by atoms with E-state index in [0.717, 1.165) is 55.0 Å². The Labute approximate surface area is 161 Å². The smallest absolute Gasteiger partial charge is 0.203 e. The van der Waals surface area contributed by atoms with Crippen LogP contribution in [0.2, 0.25) is 0 Å². The molecule has 0 amide bonds. The highest BCUT2D eigenvalue weighted by molar-refractivity contribution is 7.71. The van der Waals surface area contributed by atoms with Crippen molar-refractivity contribution in [2.75, 3.05) is 32.7 Å². The lowest BCUT2D eigenvalue weighted by Gasteiger charge is -2.35. The van der Waals surface area contributed by atoms with E-state index in [4.69, 9.17) is 17.3 Å². The van der Waals surface area contributed by atoms with Crippen molar-refractivity contribution in [3.05, 3.63) is 40.9 Å². The first kappa shape index (κ1) is 17.9. The van der Waals surface area contributed by atoms with Gasteiger partial charge in [-0.2, -0.15) is 5.10 Å². The zero-order valence-electron chi connectivity index (χ0n) is 15.8. The van der Waals surface area contributed by atoms with Crippen molar-refractivity contribution < 1.29 is 0 Å². The maximum atomic E-state index is 5.82. The Balaban J connectivity index is 1.51. The fraction of sp³-hybridized carbons (Fsp3) is 0.600. The van der Waals surface area contributed by atoms with Crippen molar-refractivity contribution in [3.63, 3.8) is 0 Å². The van der Waals surface area contributed by atoms with Gasteiger partial charge in [-0.15, -0.1) is 0 Å². The zero-order valence-corrected chi connectivity index (χ0v) is 16.7. The van der Waals surface area contributed by atoms with Crippen molar-refractivity contribution in [2.45, 2.75) is 39.3 Å². The number of benzene rings is 1. The van der Waals surface area contributed by atoms with Gasteiger partial charge >= 0.3 is 0 Å². The molecule has 1 aliphatic heterocycles. The fourth-order valence-electron chi connectivity index (χ4n) is 3.76. The predicted molar refractivity (Wildman–Crippen MR) is 107 cm³/mol. The van der Waals surface area contributed by atoms with Crippen molar-refractivity contribution in [1.29, 1.82) is 0 Å². The minimum Gasteiger partial charge on any atom is -0.301 e. The summed E-state index contributed by atoms with van der Waals surface area (Å²) in [5.41, 5.74) is 1.13. The minimum atomic E-state index is 0.570. The van der Waals surface area contributed by atoms with Crippen molar-refractivity contribution in [1.82, 2.24) is 24.1 Å². The van der Waals surface area contributed by atoms with Gasteiger partial charge in [0.1, 0.15) is 5.82 Å². The average Bonchev–Trinajstić information content (AvgIpc) is 3.42. The maximum Gasteiger partial charge on any atom is 0.203 e. The molecule has 26 heavy (non-hydrogen) atoms. The van der Waals surface area contributed by atoms with Crippen LogP contribution in [0.25, 0.3) is 5.69 Å². The Bertz CT molecular complexity index is 782. The molecule has 4 rings (SSSR count). The molecular formula is C20H29N5S. The van der Waals surface area contributed by atoms with E-state index in [1.165, 1.54) is 19.4 Å². The summed E-state index contributed by atoms with van der Waals surface area (Å²) < 4.78 is 5.04. The Morgan fingerprint density at radius 1 is 1.04 bits per heavy atom. The molecule has 0 N–H and O–H groups in total. The molecule has 1 aromatic carbocycles. The summed E-state index contributed by atoms with van der Waals surface area (Å²) in [5, 5.41) is 4.93. The Kier molecular flexibility index (Phi) is 5.25. The third-order valence-corrected chi connectivity index (χ3v) is 5.64. The molecule has 5 nitrogen and oxygen atoms in total. The molecule has 1 saturated carbocycles. The van der Waals surface area contributed by atoms with E-state index in [-0.39, 0.29) is 0 Å². The highest BCUT2D eigenvalue weighted by Gasteiger charge is 2.31. The van der Waals surface area contributed by atoms with Gasteiger partial charge < -0.3 is 4.90 Å². The number of aromatic nitrogens is 3. The molecule has 1 saturated heterocycles. The Hall–Kier alpha value is -1.50. The molecule has 0 radical (unpaired) electrons. The number of rotatable bonds is 6. The van der Waals surface area contributed by atoms with Crippen LogP contribution in [0.1, 0.15) is 38.4 Å². The van der Waals surface area contributed by atoms with Crippen LogP contribution in [0.5, 0.6) is 0 Å². The predicted octanol–water partition coefficient (Wildman–Crippen LogP) is 3.51. The van der Waals surface area contributed by atoms with Gasteiger partial charge in [0.2, 0.25) is 4.77 Å². The van der Waals surface area contributed by atoms with E-state index in [1.807, 2.05) is 10.7 Å². The van der Waals surface area contributed by atoms with Gasteiger partial charge in [-0.1, -0.05) is 32.0 Å². The van der Waals surface area contributed by atoms with Crippen molar-refractivity contribution in [2.24, 2.45) is 5.92 Å². The first-order chi connectivity index (χ1) is 12.6. The van der Waals surface area contributed by atoms with Gasteiger partial charge in [-0.25, -0.2) is 4.68 Å². The third-order valence-electron chi connectivity index (χ3n) is 5.24. The molecule has 2 aromatic rings. The topological polar surface area (TPSA) is 29.2 Å². The molecule has 1 aliphatic carbocycles. The summed E-state index contributed by atoms with van der Waals surface area (Å²) in [6.07, 6.45) is 2.46. The average molecular weight is 372 g/mol. The standard InChI is InChI=1S/C20H29N5S/c1-16(2)14-22-10-12-23(13-11-22)15-24-20(26)25(18-6-4-3-5-7-18)19(21-24)17-8-9-17/h3-7,16-17H,8-15H2,1-2H3. The maximum absolute atomic E-state index is 5.82. The highest BCUT2D eigenvalue weighted by Crippen LogP contribution is 2.40. The Morgan fingerprint density at radius 2 is 1.69 bits per heavy atom. The molecule has 0 atom stereocenters. The fourth-order valence-corrected chi connectivity index (χ4v) is 4.06. The van der Waals surface area contributed by atoms with Gasteiger partial charge in [0, 0.05) is 44.3 Å². The van der Waals surface area contributed by atoms with Gasteiger partial charge in [0.05, 0.1) is 6.67 Å². The summed E-state index contributed by atoms with van der Waals surface area (Å²) >= 11 is 5.82. The molecule has 6 heteroatoms. The van der Waals surface area contributed by atoms with Crippen molar-refractivity contribution in [3.8, 4) is 5.69 Å². The van der Waals surface area contributed by atoms with Gasteiger partial charge in [-0.05, 0) is 43.1 Å². The number of hydrogen-bond acceptors (Lipinski definition) is 4. The van der Waals surface area contributed by atoms with Crippen LogP contribution in [0, 0.1) is 10.7 Å². The van der Waals surface area contributed by atoms with Gasteiger partial charge in [0.25, 0.3) is 0 Å². The molecule has 140 valence electrons. The van der Waals surface area contributed by atoms with Crippen LogP contribution < -0.4 is 0 Å². The second-order valence-corrected chi connectivity index (χ2v) is 8.40. The van der Waals surface area contributed by atoms with E-state index < -0.39 is 0 Å². The second kappa shape index (κ2) is 7.62. The normalized spacial score (nSPS) is 19.3. The van der Waals surface area contributed by atoms with Crippen LogP contribution >= 0.6 is 12.2 Å². The molecule has 2 fully saturated rings. The summed E-state index contributed by atoms with van der Waals surface area (Å²) in [4.78, 5) is 5.05. The second-order valence-electron chi connectivity index (χ2n) is 8.04. The molecule has 2 aliphatic rings. The van der Waals surface area contributed by atoms with Crippen LogP contribution in [-0.2, 0) is 6.67 Å². The highest BCUT2D eigenvalue weighted by atomic mass is 32.1. The first-order valence-electron chi connectivity index (χ1n) is 9.81. The van der Waals surface area contributed by atoms with Crippen LogP contribution in [0.4, 0.5) is 0 Å². The summed E-state index contributed by atoms with van der Waals surface area (Å²) in [7, 11) is 0. The van der Waals surface area contributed by atoms with E-state index in [9.17, 15) is 0 Å². The molecule has 0 bridgehead atoms. The van der Waals surface area contributed by atoms with E-state index >= 15 is 0 Å². The molecule has 0 spiro atoms.